The summed E-state index contributed by atoms with van der Waals surface area (Å²) < 4.78 is 18.5. The second-order valence-corrected chi connectivity index (χ2v) is 12.5. The van der Waals surface area contributed by atoms with Gasteiger partial charge in [-0.05, 0) is 63.8 Å². The van der Waals surface area contributed by atoms with Crippen LogP contribution in [0, 0.1) is 18.8 Å². The number of piperidine rings is 1. The van der Waals surface area contributed by atoms with Gasteiger partial charge in [0.2, 0.25) is 0 Å². The number of carbonyl (C=O) groups excluding carboxylic acids is 3. The standard InChI is InChI=1S/C33H43N5O6/c1-22(2)18-37(25-17-24(31(40)42-7)19-36(20-25)32(41)44-33(4,5)6)30(39)29-28(21-43-26-14-9-8-10-15-26)38(35-34-29)27-16-12-11-13-23(27)3/h8-16,22,24-25H,17-21H2,1-7H3/t24-,25+/m1/s1. The molecule has 0 saturated carbocycles. The Morgan fingerprint density at radius 1 is 1.02 bits per heavy atom. The van der Waals surface area contributed by atoms with E-state index >= 15 is 0 Å². The number of benzene rings is 2. The molecule has 2 aromatic carbocycles. The summed E-state index contributed by atoms with van der Waals surface area (Å²) in [5.41, 5.74) is 1.65. The lowest BCUT2D eigenvalue weighted by molar-refractivity contribution is -0.148. The van der Waals surface area contributed by atoms with Crippen molar-refractivity contribution >= 4 is 18.0 Å². The van der Waals surface area contributed by atoms with Gasteiger partial charge in [0, 0.05) is 19.6 Å². The first-order valence-electron chi connectivity index (χ1n) is 14.9. The summed E-state index contributed by atoms with van der Waals surface area (Å²) in [6, 6.07) is 16.5. The van der Waals surface area contributed by atoms with Crippen LogP contribution in [0.1, 0.15) is 62.8 Å². The highest BCUT2D eigenvalue weighted by atomic mass is 16.6. The van der Waals surface area contributed by atoms with Crippen LogP contribution >= 0.6 is 0 Å². The number of nitrogens with zero attached hydrogens (tertiary/aromatic N) is 5. The predicted octanol–water partition coefficient (Wildman–Crippen LogP) is 5.05. The van der Waals surface area contributed by atoms with Crippen LogP contribution in [-0.2, 0) is 20.9 Å². The molecule has 3 aromatic rings. The largest absolute Gasteiger partial charge is 0.487 e. The van der Waals surface area contributed by atoms with Gasteiger partial charge < -0.3 is 24.0 Å². The van der Waals surface area contributed by atoms with Crippen LogP contribution in [0.2, 0.25) is 0 Å². The fourth-order valence-electron chi connectivity index (χ4n) is 5.30. The third kappa shape index (κ3) is 7.94. The smallest absolute Gasteiger partial charge is 0.410 e. The van der Waals surface area contributed by atoms with Gasteiger partial charge in [-0.15, -0.1) is 5.10 Å². The van der Waals surface area contributed by atoms with E-state index in [4.69, 9.17) is 14.2 Å². The van der Waals surface area contributed by atoms with E-state index in [2.05, 4.69) is 10.3 Å². The van der Waals surface area contributed by atoms with Crippen LogP contribution in [0.15, 0.2) is 54.6 Å². The van der Waals surface area contributed by atoms with Crippen molar-refractivity contribution in [3.8, 4) is 11.4 Å². The number of carbonyl (C=O) groups is 3. The molecule has 1 fully saturated rings. The summed E-state index contributed by atoms with van der Waals surface area (Å²) in [5, 5.41) is 8.79. The molecule has 0 N–H and O–H groups in total. The molecule has 0 bridgehead atoms. The van der Waals surface area contributed by atoms with Crippen molar-refractivity contribution in [3.05, 3.63) is 71.5 Å². The number of aryl methyl sites for hydroxylation is 1. The van der Waals surface area contributed by atoms with Gasteiger partial charge in [-0.2, -0.15) is 0 Å². The number of hydrogen-bond donors (Lipinski definition) is 0. The van der Waals surface area contributed by atoms with E-state index < -0.39 is 29.6 Å². The molecule has 2 amide bonds. The maximum Gasteiger partial charge on any atom is 0.410 e. The minimum Gasteiger partial charge on any atom is -0.487 e. The Kier molecular flexibility index (Phi) is 10.3. The number of esters is 1. The van der Waals surface area contributed by atoms with Crippen molar-refractivity contribution in [2.45, 2.75) is 66.2 Å². The number of para-hydroxylation sites is 2. The Labute approximate surface area is 259 Å². The van der Waals surface area contributed by atoms with E-state index in [9.17, 15) is 14.4 Å². The van der Waals surface area contributed by atoms with Gasteiger partial charge in [-0.1, -0.05) is 55.5 Å². The van der Waals surface area contributed by atoms with Crippen molar-refractivity contribution in [3.63, 3.8) is 0 Å². The van der Waals surface area contributed by atoms with Gasteiger partial charge in [0.25, 0.3) is 5.91 Å². The number of likely N-dealkylation sites (tertiary alicyclic amines) is 1. The molecule has 2 heterocycles. The summed E-state index contributed by atoms with van der Waals surface area (Å²) in [5.74, 6) is -0.698. The third-order valence-corrected chi connectivity index (χ3v) is 7.31. The van der Waals surface area contributed by atoms with Gasteiger partial charge in [0.05, 0.1) is 24.8 Å². The van der Waals surface area contributed by atoms with Crippen molar-refractivity contribution in [1.29, 1.82) is 0 Å². The van der Waals surface area contributed by atoms with E-state index in [1.54, 1.807) is 30.4 Å². The Morgan fingerprint density at radius 2 is 1.70 bits per heavy atom. The minimum absolute atomic E-state index is 0.0431. The fourth-order valence-corrected chi connectivity index (χ4v) is 5.30. The number of aromatic nitrogens is 3. The molecule has 4 rings (SSSR count). The van der Waals surface area contributed by atoms with Gasteiger partial charge in [0.1, 0.15) is 23.7 Å². The first-order chi connectivity index (χ1) is 20.9. The molecule has 44 heavy (non-hydrogen) atoms. The molecule has 1 saturated heterocycles. The zero-order valence-corrected chi connectivity index (χ0v) is 26.6. The third-order valence-electron chi connectivity index (χ3n) is 7.31. The molecule has 0 unspecified atom stereocenters. The summed E-state index contributed by atoms with van der Waals surface area (Å²) in [7, 11) is 1.32. The van der Waals surface area contributed by atoms with Crippen LogP contribution in [0.25, 0.3) is 5.69 Å². The van der Waals surface area contributed by atoms with E-state index in [1.165, 1.54) is 12.0 Å². The second kappa shape index (κ2) is 13.9. The van der Waals surface area contributed by atoms with Gasteiger partial charge in [-0.3, -0.25) is 9.59 Å². The predicted molar refractivity (Wildman–Crippen MR) is 164 cm³/mol. The van der Waals surface area contributed by atoms with Crippen LogP contribution in [0.3, 0.4) is 0 Å². The topological polar surface area (TPSA) is 116 Å². The first-order valence-corrected chi connectivity index (χ1v) is 14.9. The highest BCUT2D eigenvalue weighted by molar-refractivity contribution is 5.94. The van der Waals surface area contributed by atoms with E-state index in [1.807, 2.05) is 75.4 Å². The lowest BCUT2D eigenvalue weighted by atomic mass is 9.92. The lowest BCUT2D eigenvalue weighted by Gasteiger charge is -2.42. The number of hydrogen-bond acceptors (Lipinski definition) is 8. The maximum atomic E-state index is 14.5. The number of rotatable bonds is 9. The fraction of sp³-hybridized carbons (Fsp3) is 0.485. The average molecular weight is 606 g/mol. The summed E-state index contributed by atoms with van der Waals surface area (Å²) in [6.45, 7) is 12.1. The molecule has 0 spiro atoms. The van der Waals surface area contributed by atoms with Gasteiger partial charge in [-0.25, -0.2) is 9.48 Å². The minimum atomic E-state index is -0.722. The van der Waals surface area contributed by atoms with Crippen molar-refractivity contribution < 1.29 is 28.6 Å². The summed E-state index contributed by atoms with van der Waals surface area (Å²) >= 11 is 0. The molecule has 11 heteroatoms. The number of ether oxygens (including phenoxy) is 3. The van der Waals surface area contributed by atoms with Crippen LogP contribution in [0.5, 0.6) is 5.75 Å². The zero-order valence-electron chi connectivity index (χ0n) is 26.6. The number of methoxy groups -OCH3 is 1. The van der Waals surface area contributed by atoms with Crippen LogP contribution in [-0.4, -0.2) is 81.2 Å². The average Bonchev–Trinajstić information content (AvgIpc) is 3.41. The Morgan fingerprint density at radius 3 is 2.34 bits per heavy atom. The maximum absolute atomic E-state index is 14.5. The molecule has 11 nitrogen and oxygen atoms in total. The van der Waals surface area contributed by atoms with E-state index in [-0.39, 0.29) is 37.2 Å². The highest BCUT2D eigenvalue weighted by Gasteiger charge is 2.41. The van der Waals surface area contributed by atoms with Crippen LogP contribution in [0.4, 0.5) is 4.79 Å². The van der Waals surface area contributed by atoms with Crippen LogP contribution < -0.4 is 4.74 Å². The summed E-state index contributed by atoms with van der Waals surface area (Å²) in [6.07, 6.45) is -0.220. The monoisotopic (exact) mass is 605 g/mol. The van der Waals surface area contributed by atoms with Crippen molar-refractivity contribution in [1.82, 2.24) is 24.8 Å². The molecular formula is C33H43N5O6. The van der Waals surface area contributed by atoms with Crippen molar-refractivity contribution in [2.24, 2.45) is 11.8 Å². The quantitative estimate of drug-likeness (QED) is 0.311. The Bertz CT molecular complexity index is 1450. The summed E-state index contributed by atoms with van der Waals surface area (Å²) in [4.78, 5) is 43.6. The molecule has 0 aliphatic carbocycles. The molecule has 1 aliphatic rings. The van der Waals surface area contributed by atoms with Crippen molar-refractivity contribution in [2.75, 3.05) is 26.7 Å². The van der Waals surface area contributed by atoms with Gasteiger partial charge in [0.15, 0.2) is 5.69 Å². The molecule has 1 aliphatic heterocycles. The number of amides is 2. The first kappa shape index (κ1) is 32.5. The zero-order chi connectivity index (χ0) is 32.0. The lowest BCUT2D eigenvalue weighted by Crippen LogP contribution is -2.57. The molecule has 2 atom stereocenters. The normalized spacial score (nSPS) is 16.9. The SMILES string of the molecule is COC(=O)[C@@H]1C[C@H](N(CC(C)C)C(=O)c2nnn(-c3ccccc3C)c2COc2ccccc2)CN(C(=O)OC(C)(C)C)C1. The van der Waals surface area contributed by atoms with Gasteiger partial charge >= 0.3 is 12.1 Å². The highest BCUT2D eigenvalue weighted by Crippen LogP contribution is 2.28. The Balaban J connectivity index is 1.73. The molecular weight excluding hydrogens is 562 g/mol. The molecule has 236 valence electrons. The molecule has 1 aromatic heterocycles. The molecule has 0 radical (unpaired) electrons. The van der Waals surface area contributed by atoms with E-state index in [0.717, 1.165) is 11.3 Å². The second-order valence-electron chi connectivity index (χ2n) is 12.5. The van der Waals surface area contributed by atoms with E-state index in [0.29, 0.717) is 24.4 Å². The Hall–Kier alpha value is -4.41.